The van der Waals surface area contributed by atoms with Crippen LogP contribution in [0.5, 0.6) is 0 Å². The van der Waals surface area contributed by atoms with Crippen molar-refractivity contribution < 1.29 is 9.59 Å². The van der Waals surface area contributed by atoms with Crippen molar-refractivity contribution in [2.75, 3.05) is 6.54 Å². The van der Waals surface area contributed by atoms with Crippen LogP contribution in [0.15, 0.2) is 0 Å². The van der Waals surface area contributed by atoms with E-state index in [4.69, 9.17) is 5.73 Å². The molecule has 0 aliphatic carbocycles. The highest BCUT2D eigenvalue weighted by molar-refractivity contribution is 5.86. The standard InChI is InChI=1S/C6H11N3O2/c7-6(11)9-4-2-1-3-8-5(4)10/h4H,1-3H2,(H,8,10)(H3,7,9,11). The van der Waals surface area contributed by atoms with Crippen LogP contribution in [0.4, 0.5) is 4.79 Å². The third kappa shape index (κ3) is 2.10. The van der Waals surface area contributed by atoms with Crippen LogP contribution < -0.4 is 16.4 Å². The number of carbonyl (C=O) groups excluding carboxylic acids is 2. The lowest BCUT2D eigenvalue weighted by molar-refractivity contribution is -0.124. The van der Waals surface area contributed by atoms with E-state index in [1.807, 2.05) is 0 Å². The van der Waals surface area contributed by atoms with Crippen molar-refractivity contribution >= 4 is 11.9 Å². The Hall–Kier alpha value is -1.26. The maximum absolute atomic E-state index is 10.9. The number of nitrogens with two attached hydrogens (primary N) is 1. The summed E-state index contributed by atoms with van der Waals surface area (Å²) in [6, 6.07) is -1.08. The van der Waals surface area contributed by atoms with Gasteiger partial charge in [0.25, 0.3) is 0 Å². The van der Waals surface area contributed by atoms with Crippen LogP contribution >= 0.6 is 0 Å². The van der Waals surface area contributed by atoms with Crippen LogP contribution in [-0.4, -0.2) is 24.5 Å². The summed E-state index contributed by atoms with van der Waals surface area (Å²) in [6.45, 7) is 0.690. The van der Waals surface area contributed by atoms with Gasteiger partial charge in [0.1, 0.15) is 6.04 Å². The van der Waals surface area contributed by atoms with Crippen molar-refractivity contribution in [3.8, 4) is 0 Å². The fraction of sp³-hybridized carbons (Fsp3) is 0.667. The summed E-state index contributed by atoms with van der Waals surface area (Å²) in [5, 5.41) is 4.99. The second-order valence-corrected chi connectivity index (χ2v) is 2.49. The van der Waals surface area contributed by atoms with Gasteiger partial charge in [0.15, 0.2) is 0 Å². The average molecular weight is 157 g/mol. The maximum atomic E-state index is 10.9. The first kappa shape index (κ1) is 7.84. The van der Waals surface area contributed by atoms with Gasteiger partial charge in [-0.2, -0.15) is 0 Å². The van der Waals surface area contributed by atoms with E-state index in [1.165, 1.54) is 0 Å². The molecule has 0 spiro atoms. The Morgan fingerprint density at radius 2 is 2.45 bits per heavy atom. The van der Waals surface area contributed by atoms with Crippen molar-refractivity contribution in [3.63, 3.8) is 0 Å². The van der Waals surface area contributed by atoms with E-state index in [0.29, 0.717) is 13.0 Å². The molecule has 0 aromatic rings. The first-order chi connectivity index (χ1) is 5.20. The number of urea groups is 1. The summed E-state index contributed by atoms with van der Waals surface area (Å²) >= 11 is 0. The summed E-state index contributed by atoms with van der Waals surface area (Å²) in [6.07, 6.45) is 1.56. The van der Waals surface area contributed by atoms with Gasteiger partial charge in [-0.3, -0.25) is 4.79 Å². The number of amides is 3. The molecule has 1 aliphatic heterocycles. The smallest absolute Gasteiger partial charge is 0.312 e. The maximum Gasteiger partial charge on any atom is 0.312 e. The van der Waals surface area contributed by atoms with E-state index in [2.05, 4.69) is 10.6 Å². The number of carbonyl (C=O) groups is 2. The summed E-state index contributed by atoms with van der Waals surface area (Å²) in [7, 11) is 0. The zero-order chi connectivity index (χ0) is 8.27. The SMILES string of the molecule is NC(=O)NC1CCCNC1=O. The van der Waals surface area contributed by atoms with E-state index in [-0.39, 0.29) is 5.91 Å². The molecule has 1 rings (SSSR count). The van der Waals surface area contributed by atoms with Gasteiger partial charge < -0.3 is 16.4 Å². The second kappa shape index (κ2) is 3.23. The lowest BCUT2D eigenvalue weighted by atomic mass is 10.1. The minimum Gasteiger partial charge on any atom is -0.354 e. The van der Waals surface area contributed by atoms with Crippen molar-refractivity contribution in [1.29, 1.82) is 0 Å². The molecule has 3 amide bonds. The van der Waals surface area contributed by atoms with Crippen molar-refractivity contribution in [3.05, 3.63) is 0 Å². The summed E-state index contributed by atoms with van der Waals surface area (Å²) < 4.78 is 0. The molecule has 0 radical (unpaired) electrons. The number of piperidine rings is 1. The number of rotatable bonds is 1. The van der Waals surface area contributed by atoms with E-state index in [9.17, 15) is 9.59 Å². The molecule has 1 heterocycles. The van der Waals surface area contributed by atoms with E-state index in [1.54, 1.807) is 0 Å². The van der Waals surface area contributed by atoms with E-state index < -0.39 is 12.1 Å². The van der Waals surface area contributed by atoms with Gasteiger partial charge in [-0.25, -0.2) is 4.79 Å². The van der Waals surface area contributed by atoms with Gasteiger partial charge in [-0.1, -0.05) is 0 Å². The number of hydrogen-bond donors (Lipinski definition) is 3. The summed E-state index contributed by atoms with van der Waals surface area (Å²) in [4.78, 5) is 21.3. The molecule has 1 aliphatic rings. The minimum absolute atomic E-state index is 0.143. The predicted molar refractivity (Wildman–Crippen MR) is 38.8 cm³/mol. The van der Waals surface area contributed by atoms with Crippen LogP contribution in [0.1, 0.15) is 12.8 Å². The van der Waals surface area contributed by atoms with Crippen LogP contribution in [0.2, 0.25) is 0 Å². The zero-order valence-electron chi connectivity index (χ0n) is 6.09. The summed E-state index contributed by atoms with van der Waals surface area (Å²) in [5.74, 6) is -0.143. The lowest BCUT2D eigenvalue weighted by Crippen LogP contribution is -2.51. The molecule has 0 saturated carbocycles. The van der Waals surface area contributed by atoms with Crippen molar-refractivity contribution in [1.82, 2.24) is 10.6 Å². The Balaban J connectivity index is 2.42. The first-order valence-corrected chi connectivity index (χ1v) is 3.54. The quantitative estimate of drug-likeness (QED) is 0.453. The molecule has 1 fully saturated rings. The molecule has 1 unspecified atom stereocenters. The molecule has 1 atom stereocenters. The molecule has 1 saturated heterocycles. The third-order valence-electron chi connectivity index (χ3n) is 1.60. The van der Waals surface area contributed by atoms with E-state index >= 15 is 0 Å². The molecule has 4 N–H and O–H groups in total. The minimum atomic E-state index is -0.646. The zero-order valence-corrected chi connectivity index (χ0v) is 6.09. The van der Waals surface area contributed by atoms with E-state index in [0.717, 1.165) is 6.42 Å². The fourth-order valence-electron chi connectivity index (χ4n) is 1.08. The van der Waals surface area contributed by atoms with Gasteiger partial charge in [-0.05, 0) is 12.8 Å². The molecule has 11 heavy (non-hydrogen) atoms. The normalized spacial score (nSPS) is 24.0. The predicted octanol–water partition coefficient (Wildman–Crippen LogP) is -1.07. The Kier molecular flexibility index (Phi) is 2.30. The van der Waals surface area contributed by atoms with Crippen LogP contribution in [0.3, 0.4) is 0 Å². The molecule has 5 heteroatoms. The second-order valence-electron chi connectivity index (χ2n) is 2.49. The molecule has 62 valence electrons. The average Bonchev–Trinajstić information content (AvgIpc) is 1.93. The van der Waals surface area contributed by atoms with Crippen LogP contribution in [0.25, 0.3) is 0 Å². The number of hydrogen-bond acceptors (Lipinski definition) is 2. The largest absolute Gasteiger partial charge is 0.354 e. The molecule has 0 aromatic heterocycles. The van der Waals surface area contributed by atoms with Gasteiger partial charge in [0.05, 0.1) is 0 Å². The third-order valence-corrected chi connectivity index (χ3v) is 1.60. The highest BCUT2D eigenvalue weighted by Gasteiger charge is 2.22. The first-order valence-electron chi connectivity index (χ1n) is 3.54. The molecule has 0 aromatic carbocycles. The Morgan fingerprint density at radius 1 is 1.73 bits per heavy atom. The highest BCUT2D eigenvalue weighted by atomic mass is 16.2. The number of nitrogens with one attached hydrogen (secondary N) is 2. The topological polar surface area (TPSA) is 84.2 Å². The van der Waals surface area contributed by atoms with Crippen LogP contribution in [-0.2, 0) is 4.79 Å². The monoisotopic (exact) mass is 157 g/mol. The molecule has 5 nitrogen and oxygen atoms in total. The van der Waals surface area contributed by atoms with Gasteiger partial charge in [0, 0.05) is 6.54 Å². The van der Waals surface area contributed by atoms with Gasteiger partial charge in [-0.15, -0.1) is 0 Å². The lowest BCUT2D eigenvalue weighted by Gasteiger charge is -2.21. The molecule has 0 bridgehead atoms. The van der Waals surface area contributed by atoms with Crippen molar-refractivity contribution in [2.45, 2.75) is 18.9 Å². The summed E-state index contributed by atoms with van der Waals surface area (Å²) in [5.41, 5.74) is 4.86. The van der Waals surface area contributed by atoms with Gasteiger partial charge in [0.2, 0.25) is 5.91 Å². The molecular formula is C6H11N3O2. The Bertz CT molecular complexity index is 181. The van der Waals surface area contributed by atoms with Crippen molar-refractivity contribution in [2.24, 2.45) is 5.73 Å². The Labute approximate surface area is 64.3 Å². The number of primary amides is 1. The van der Waals surface area contributed by atoms with Gasteiger partial charge >= 0.3 is 6.03 Å². The van der Waals surface area contributed by atoms with Crippen LogP contribution in [0, 0.1) is 0 Å². The Morgan fingerprint density at radius 3 is 3.00 bits per heavy atom. The molecular weight excluding hydrogens is 146 g/mol. The highest BCUT2D eigenvalue weighted by Crippen LogP contribution is 2.01. The fourth-order valence-corrected chi connectivity index (χ4v) is 1.08.